The van der Waals surface area contributed by atoms with Crippen molar-refractivity contribution in [1.29, 1.82) is 0 Å². The van der Waals surface area contributed by atoms with Crippen molar-refractivity contribution < 1.29 is 0 Å². The molecule has 0 N–H and O–H groups in total. The molecule has 0 amide bonds. The first-order valence-electron chi connectivity index (χ1n) is 9.91. The van der Waals surface area contributed by atoms with Crippen LogP contribution in [-0.2, 0) is 11.8 Å². The highest BCUT2D eigenvalue weighted by Crippen LogP contribution is 2.41. The Bertz CT molecular complexity index is 1160. The summed E-state index contributed by atoms with van der Waals surface area (Å²) in [5.41, 5.74) is 8.47. The average molecular weight is 381 g/mol. The Morgan fingerprint density at radius 3 is 2.36 bits per heavy atom. The summed E-state index contributed by atoms with van der Waals surface area (Å²) >= 11 is 1.90. The monoisotopic (exact) mass is 380 g/mol. The molecule has 0 saturated carbocycles. The molecule has 5 rings (SSSR count). The number of rotatable bonds is 2. The molecule has 1 aromatic heterocycles. The fourth-order valence-corrected chi connectivity index (χ4v) is 5.14. The molecular weight excluding hydrogens is 356 g/mol. The van der Waals surface area contributed by atoms with Gasteiger partial charge < -0.3 is 0 Å². The Labute approximate surface area is 171 Å². The molecule has 0 saturated heterocycles. The number of thiophene rings is 1. The van der Waals surface area contributed by atoms with Gasteiger partial charge in [-0.15, -0.1) is 11.3 Å². The minimum Gasteiger partial charge on any atom is -0.136 e. The standard InChI is InChI=1S/C27H24S/c1-27(2,3)22-13-11-18(12-14-22)23-9-6-8-19-15-21(16-24(19)23)26-17-20-7-4-5-10-25(20)28-26/h4-14,16-17H,15H2,1-3H3. The zero-order valence-electron chi connectivity index (χ0n) is 16.6. The zero-order chi connectivity index (χ0) is 19.3. The molecular formula is C27H24S. The second-order valence-electron chi connectivity index (χ2n) is 8.70. The van der Waals surface area contributed by atoms with E-state index in [1.54, 1.807) is 0 Å². The molecule has 3 aromatic carbocycles. The van der Waals surface area contributed by atoms with E-state index in [-0.39, 0.29) is 5.41 Å². The van der Waals surface area contributed by atoms with E-state index < -0.39 is 0 Å². The molecule has 28 heavy (non-hydrogen) atoms. The van der Waals surface area contributed by atoms with E-state index in [9.17, 15) is 0 Å². The quantitative estimate of drug-likeness (QED) is 0.331. The van der Waals surface area contributed by atoms with E-state index in [0.717, 1.165) is 6.42 Å². The highest BCUT2D eigenvalue weighted by atomic mass is 32.1. The summed E-state index contributed by atoms with van der Waals surface area (Å²) in [6, 6.07) is 26.9. The summed E-state index contributed by atoms with van der Waals surface area (Å²) in [5.74, 6) is 0. The molecule has 0 unspecified atom stereocenters. The highest BCUT2D eigenvalue weighted by Gasteiger charge is 2.20. The topological polar surface area (TPSA) is 0 Å². The van der Waals surface area contributed by atoms with E-state index in [0.29, 0.717) is 0 Å². The Morgan fingerprint density at radius 1 is 0.821 bits per heavy atom. The molecule has 0 spiro atoms. The van der Waals surface area contributed by atoms with Gasteiger partial charge in [0, 0.05) is 9.58 Å². The lowest BCUT2D eigenvalue weighted by molar-refractivity contribution is 0.590. The summed E-state index contributed by atoms with van der Waals surface area (Å²) in [4.78, 5) is 1.39. The van der Waals surface area contributed by atoms with Gasteiger partial charge in [-0.25, -0.2) is 0 Å². The largest absolute Gasteiger partial charge is 0.136 e. The van der Waals surface area contributed by atoms with Crippen LogP contribution in [0.5, 0.6) is 0 Å². The molecule has 1 aliphatic rings. The van der Waals surface area contributed by atoms with Gasteiger partial charge in [0.15, 0.2) is 0 Å². The van der Waals surface area contributed by atoms with Gasteiger partial charge in [0.1, 0.15) is 0 Å². The second-order valence-corrected chi connectivity index (χ2v) is 9.78. The first-order chi connectivity index (χ1) is 13.5. The maximum absolute atomic E-state index is 2.41. The molecule has 0 atom stereocenters. The van der Waals surface area contributed by atoms with Crippen LogP contribution in [0.4, 0.5) is 0 Å². The maximum Gasteiger partial charge on any atom is 0.0349 e. The first-order valence-corrected chi connectivity index (χ1v) is 10.7. The average Bonchev–Trinajstić information content (AvgIpc) is 3.31. The summed E-state index contributed by atoms with van der Waals surface area (Å²) in [7, 11) is 0. The SMILES string of the molecule is CC(C)(C)c1ccc(-c2cccc3c2C=C(c2cc4ccccc4s2)C3)cc1. The van der Waals surface area contributed by atoms with Crippen molar-refractivity contribution in [2.45, 2.75) is 32.6 Å². The lowest BCUT2D eigenvalue weighted by Crippen LogP contribution is -2.10. The predicted molar refractivity (Wildman–Crippen MR) is 124 cm³/mol. The number of allylic oxidation sites excluding steroid dienone is 1. The fraction of sp³-hybridized carbons (Fsp3) is 0.185. The summed E-state index contributed by atoms with van der Waals surface area (Å²) < 4.78 is 1.37. The fourth-order valence-electron chi connectivity index (χ4n) is 4.07. The van der Waals surface area contributed by atoms with Crippen LogP contribution in [0.3, 0.4) is 0 Å². The Balaban J connectivity index is 1.55. The normalized spacial score (nSPS) is 13.6. The van der Waals surface area contributed by atoms with Crippen LogP contribution in [0.15, 0.2) is 72.8 Å². The molecule has 0 nitrogen and oxygen atoms in total. The maximum atomic E-state index is 2.41. The van der Waals surface area contributed by atoms with Crippen LogP contribution in [0.25, 0.3) is 32.9 Å². The van der Waals surface area contributed by atoms with Crippen molar-refractivity contribution in [3.8, 4) is 11.1 Å². The minimum atomic E-state index is 0.186. The summed E-state index contributed by atoms with van der Waals surface area (Å²) in [6.45, 7) is 6.80. The summed E-state index contributed by atoms with van der Waals surface area (Å²) in [6.07, 6.45) is 3.43. The molecule has 0 fully saturated rings. The molecule has 1 aliphatic carbocycles. The van der Waals surface area contributed by atoms with E-state index in [1.165, 1.54) is 48.4 Å². The highest BCUT2D eigenvalue weighted by molar-refractivity contribution is 7.20. The van der Waals surface area contributed by atoms with Gasteiger partial charge in [0.25, 0.3) is 0 Å². The van der Waals surface area contributed by atoms with Crippen molar-refractivity contribution in [2.75, 3.05) is 0 Å². The third-order valence-electron chi connectivity index (χ3n) is 5.70. The van der Waals surface area contributed by atoms with Crippen LogP contribution < -0.4 is 0 Å². The Morgan fingerprint density at radius 2 is 1.61 bits per heavy atom. The predicted octanol–water partition coefficient (Wildman–Crippen LogP) is 7.96. The Kier molecular flexibility index (Phi) is 4.03. The smallest absolute Gasteiger partial charge is 0.0349 e. The number of hydrogen-bond donors (Lipinski definition) is 0. The van der Waals surface area contributed by atoms with Gasteiger partial charge in [-0.05, 0) is 68.8 Å². The van der Waals surface area contributed by atoms with Crippen molar-refractivity contribution in [2.24, 2.45) is 0 Å². The van der Waals surface area contributed by atoms with Gasteiger partial charge in [0.05, 0.1) is 0 Å². The van der Waals surface area contributed by atoms with Gasteiger partial charge in [-0.3, -0.25) is 0 Å². The zero-order valence-corrected chi connectivity index (χ0v) is 17.4. The van der Waals surface area contributed by atoms with Gasteiger partial charge in [0.2, 0.25) is 0 Å². The molecule has 0 aliphatic heterocycles. The van der Waals surface area contributed by atoms with Gasteiger partial charge in [-0.2, -0.15) is 0 Å². The van der Waals surface area contributed by atoms with E-state index in [2.05, 4.69) is 99.6 Å². The van der Waals surface area contributed by atoms with Crippen molar-refractivity contribution in [3.05, 3.63) is 94.4 Å². The van der Waals surface area contributed by atoms with Crippen molar-refractivity contribution in [3.63, 3.8) is 0 Å². The lowest BCUT2D eigenvalue weighted by atomic mass is 9.86. The molecule has 138 valence electrons. The van der Waals surface area contributed by atoms with Crippen LogP contribution in [0.2, 0.25) is 0 Å². The Hall–Kier alpha value is -2.64. The van der Waals surface area contributed by atoms with Crippen molar-refractivity contribution >= 4 is 33.1 Å². The number of benzene rings is 3. The van der Waals surface area contributed by atoms with Crippen molar-refractivity contribution in [1.82, 2.24) is 0 Å². The van der Waals surface area contributed by atoms with E-state index >= 15 is 0 Å². The minimum absolute atomic E-state index is 0.186. The third-order valence-corrected chi connectivity index (χ3v) is 6.89. The van der Waals surface area contributed by atoms with E-state index in [4.69, 9.17) is 0 Å². The molecule has 0 bridgehead atoms. The lowest BCUT2D eigenvalue weighted by Gasteiger charge is -2.19. The first kappa shape index (κ1) is 17.5. The van der Waals surface area contributed by atoms with Gasteiger partial charge in [-0.1, -0.05) is 81.4 Å². The number of fused-ring (bicyclic) bond motifs is 2. The van der Waals surface area contributed by atoms with Crippen LogP contribution in [0, 0.1) is 0 Å². The molecule has 1 heterocycles. The third kappa shape index (κ3) is 3.00. The van der Waals surface area contributed by atoms with Crippen LogP contribution >= 0.6 is 11.3 Å². The van der Waals surface area contributed by atoms with Gasteiger partial charge >= 0.3 is 0 Å². The molecule has 0 radical (unpaired) electrons. The summed E-state index contributed by atoms with van der Waals surface area (Å²) in [5, 5.41) is 1.34. The molecule has 1 heteroatoms. The number of hydrogen-bond acceptors (Lipinski definition) is 1. The van der Waals surface area contributed by atoms with Crippen LogP contribution in [-0.4, -0.2) is 0 Å². The van der Waals surface area contributed by atoms with Crippen LogP contribution in [0.1, 0.15) is 42.3 Å². The second kappa shape index (κ2) is 6.46. The molecule has 4 aromatic rings. The van der Waals surface area contributed by atoms with E-state index in [1.807, 2.05) is 11.3 Å².